The molecule has 0 spiro atoms. The van der Waals surface area contributed by atoms with Gasteiger partial charge in [0.2, 0.25) is 0 Å². The van der Waals surface area contributed by atoms with Gasteiger partial charge in [0.25, 0.3) is 0 Å². The molecule has 0 bridgehead atoms. The van der Waals surface area contributed by atoms with Gasteiger partial charge >= 0.3 is 0 Å². The van der Waals surface area contributed by atoms with Crippen molar-refractivity contribution in [3.63, 3.8) is 0 Å². The normalized spacial score (nSPS) is 19.5. The Bertz CT molecular complexity index is 424. The average molecular weight is 243 g/mol. The largest absolute Gasteiger partial charge is 0.386 e. The maximum atomic E-state index is 12.9. The van der Waals surface area contributed by atoms with Gasteiger partial charge in [0.1, 0.15) is 0 Å². The topological polar surface area (TPSA) is 21.3 Å². The average Bonchev–Trinajstić information content (AvgIpc) is 2.69. The van der Waals surface area contributed by atoms with Crippen molar-refractivity contribution in [3.05, 3.63) is 47.4 Å². The van der Waals surface area contributed by atoms with E-state index >= 15 is 0 Å². The smallest absolute Gasteiger partial charge is 0.194 e. The molecule has 92 valence electrons. The maximum absolute atomic E-state index is 12.9. The zero-order valence-electron chi connectivity index (χ0n) is 9.10. The molecule has 1 heterocycles. The lowest BCUT2D eigenvalue weighted by Crippen LogP contribution is -2.16. The Morgan fingerprint density at radius 2 is 1.94 bits per heavy atom. The Morgan fingerprint density at radius 3 is 2.47 bits per heavy atom. The summed E-state index contributed by atoms with van der Waals surface area (Å²) in [5.41, 5.74) is 1.16. The molecule has 0 aromatic heterocycles. The number of halogens is 3. The zero-order valence-corrected chi connectivity index (χ0v) is 9.10. The van der Waals surface area contributed by atoms with Gasteiger partial charge in [-0.3, -0.25) is 0 Å². The van der Waals surface area contributed by atoms with Crippen molar-refractivity contribution >= 4 is 0 Å². The summed E-state index contributed by atoms with van der Waals surface area (Å²) in [4.78, 5) is 0. The van der Waals surface area contributed by atoms with E-state index in [-0.39, 0.29) is 18.3 Å². The second-order valence-electron chi connectivity index (χ2n) is 4.00. The number of hydrogen-bond acceptors (Lipinski definition) is 2. The molecule has 1 aliphatic rings. The molecule has 1 N–H and O–H groups in total. The molecule has 1 fully saturated rings. The van der Waals surface area contributed by atoms with Gasteiger partial charge in [0.05, 0.1) is 12.7 Å². The van der Waals surface area contributed by atoms with Gasteiger partial charge in [-0.15, -0.1) is 0 Å². The highest BCUT2D eigenvalue weighted by Gasteiger charge is 2.18. The minimum absolute atomic E-state index is 0.0494. The lowest BCUT2D eigenvalue weighted by molar-refractivity contribution is 0.0549. The minimum Gasteiger partial charge on any atom is -0.386 e. The van der Waals surface area contributed by atoms with E-state index in [4.69, 9.17) is 4.74 Å². The minimum atomic E-state index is -1.45. The summed E-state index contributed by atoms with van der Waals surface area (Å²) in [7, 11) is 0. The predicted molar refractivity (Wildman–Crippen MR) is 56.7 cm³/mol. The van der Waals surface area contributed by atoms with Crippen LogP contribution in [0.3, 0.4) is 0 Å². The Morgan fingerprint density at radius 1 is 1.29 bits per heavy atom. The van der Waals surface area contributed by atoms with Crippen LogP contribution >= 0.6 is 0 Å². The van der Waals surface area contributed by atoms with Crippen molar-refractivity contribution in [1.29, 1.82) is 0 Å². The molecule has 1 unspecified atom stereocenters. The third-order valence-corrected chi connectivity index (χ3v) is 2.58. The third-order valence-electron chi connectivity index (χ3n) is 2.58. The maximum Gasteiger partial charge on any atom is 0.194 e. The predicted octanol–water partition coefficient (Wildman–Crippen LogP) is 2.50. The van der Waals surface area contributed by atoms with E-state index < -0.39 is 17.5 Å². The summed E-state index contributed by atoms with van der Waals surface area (Å²) in [6.07, 6.45) is 0.616. The Hall–Kier alpha value is -1.49. The molecule has 1 aromatic rings. The molecule has 0 aliphatic carbocycles. The first kappa shape index (κ1) is 12.0. The summed E-state index contributed by atoms with van der Waals surface area (Å²) in [5.74, 6) is -3.85. The van der Waals surface area contributed by atoms with E-state index in [9.17, 15) is 13.2 Å². The summed E-state index contributed by atoms with van der Waals surface area (Å²) < 4.78 is 43.9. The molecular weight excluding hydrogens is 231 g/mol. The zero-order chi connectivity index (χ0) is 12.4. The quantitative estimate of drug-likeness (QED) is 0.823. The van der Waals surface area contributed by atoms with Gasteiger partial charge in [-0.2, -0.15) is 0 Å². The van der Waals surface area contributed by atoms with Gasteiger partial charge in [-0.25, -0.2) is 13.2 Å². The first-order valence-corrected chi connectivity index (χ1v) is 5.23. The molecule has 0 radical (unpaired) electrons. The molecular formula is C12H12F3NO. The molecule has 0 saturated carbocycles. The fourth-order valence-electron chi connectivity index (χ4n) is 1.70. The summed E-state index contributed by atoms with van der Waals surface area (Å²) >= 11 is 0. The van der Waals surface area contributed by atoms with Crippen LogP contribution in [0.2, 0.25) is 0 Å². The van der Waals surface area contributed by atoms with Crippen LogP contribution < -0.4 is 5.32 Å². The van der Waals surface area contributed by atoms with Crippen molar-refractivity contribution in [2.24, 2.45) is 0 Å². The van der Waals surface area contributed by atoms with Crippen molar-refractivity contribution < 1.29 is 17.9 Å². The Kier molecular flexibility index (Phi) is 3.38. The third kappa shape index (κ3) is 2.79. The lowest BCUT2D eigenvalue weighted by atomic mass is 10.2. The first-order chi connectivity index (χ1) is 8.06. The highest BCUT2D eigenvalue weighted by Crippen LogP contribution is 2.17. The molecule has 1 aliphatic heterocycles. The van der Waals surface area contributed by atoms with Gasteiger partial charge in [0, 0.05) is 18.7 Å². The second kappa shape index (κ2) is 4.79. The molecule has 0 amide bonds. The van der Waals surface area contributed by atoms with Gasteiger partial charge in [-0.05, 0) is 17.7 Å². The van der Waals surface area contributed by atoms with Gasteiger partial charge < -0.3 is 10.1 Å². The van der Waals surface area contributed by atoms with E-state index in [0.29, 0.717) is 13.0 Å². The fraction of sp³-hybridized carbons (Fsp3) is 0.333. The van der Waals surface area contributed by atoms with E-state index in [1.54, 1.807) is 0 Å². The highest BCUT2D eigenvalue weighted by atomic mass is 19.2. The molecule has 5 heteroatoms. The summed E-state index contributed by atoms with van der Waals surface area (Å²) in [5, 5.41) is 3.01. The monoisotopic (exact) mass is 243 g/mol. The van der Waals surface area contributed by atoms with E-state index in [2.05, 4.69) is 11.9 Å². The van der Waals surface area contributed by atoms with Crippen molar-refractivity contribution in [3.8, 4) is 0 Å². The van der Waals surface area contributed by atoms with E-state index in [1.165, 1.54) is 0 Å². The molecule has 1 atom stereocenters. The van der Waals surface area contributed by atoms with Crippen molar-refractivity contribution in [1.82, 2.24) is 5.32 Å². The number of nitrogens with one attached hydrogen (secondary N) is 1. The van der Waals surface area contributed by atoms with Crippen LogP contribution in [0.4, 0.5) is 13.2 Å². The molecule has 2 rings (SSSR count). The first-order valence-electron chi connectivity index (χ1n) is 5.23. The lowest BCUT2D eigenvalue weighted by Gasteiger charge is -2.10. The number of hydrogen-bond donors (Lipinski definition) is 1. The number of rotatable bonds is 3. The number of ether oxygens (including phenoxy) is 1. The Labute approximate surface area is 97.1 Å². The van der Waals surface area contributed by atoms with Crippen LogP contribution in [-0.4, -0.2) is 12.6 Å². The van der Waals surface area contributed by atoms with Gasteiger partial charge in [-0.1, -0.05) is 6.58 Å². The standard InChI is InChI=1S/C12H12F3NO/c1-7-2-9(5-16-7)17-6-8-3-10(13)12(15)11(14)4-8/h3-4,9,16H,1-2,5-6H2. The van der Waals surface area contributed by atoms with Crippen LogP contribution in [0, 0.1) is 17.5 Å². The SMILES string of the molecule is C=C1CC(OCc2cc(F)c(F)c(F)c2)CN1. The Balaban J connectivity index is 1.97. The van der Waals surface area contributed by atoms with Crippen molar-refractivity contribution in [2.45, 2.75) is 19.1 Å². The molecule has 1 aromatic carbocycles. The molecule has 2 nitrogen and oxygen atoms in total. The van der Waals surface area contributed by atoms with Gasteiger partial charge in [0.15, 0.2) is 17.5 Å². The van der Waals surface area contributed by atoms with Crippen LogP contribution in [-0.2, 0) is 11.3 Å². The summed E-state index contributed by atoms with van der Waals surface area (Å²) in [6.45, 7) is 4.42. The van der Waals surface area contributed by atoms with E-state index in [0.717, 1.165) is 17.8 Å². The van der Waals surface area contributed by atoms with Crippen LogP contribution in [0.25, 0.3) is 0 Å². The molecule has 1 saturated heterocycles. The van der Waals surface area contributed by atoms with Crippen molar-refractivity contribution in [2.75, 3.05) is 6.54 Å². The van der Waals surface area contributed by atoms with Crippen LogP contribution in [0.1, 0.15) is 12.0 Å². The fourth-order valence-corrected chi connectivity index (χ4v) is 1.70. The molecule has 17 heavy (non-hydrogen) atoms. The summed E-state index contributed by atoms with van der Waals surface area (Å²) in [6, 6.07) is 1.88. The second-order valence-corrected chi connectivity index (χ2v) is 4.00. The number of benzene rings is 1. The van der Waals surface area contributed by atoms with Crippen LogP contribution in [0.5, 0.6) is 0 Å². The highest BCUT2D eigenvalue weighted by molar-refractivity contribution is 5.18. The van der Waals surface area contributed by atoms with Crippen LogP contribution in [0.15, 0.2) is 24.4 Å². The van der Waals surface area contributed by atoms with E-state index in [1.807, 2.05) is 0 Å².